The van der Waals surface area contributed by atoms with E-state index in [1.54, 1.807) is 6.07 Å². The van der Waals surface area contributed by atoms with E-state index in [1.807, 2.05) is 0 Å². The van der Waals surface area contributed by atoms with Crippen molar-refractivity contribution in [3.05, 3.63) is 41.8 Å². The average molecular weight is 264 g/mol. The predicted octanol–water partition coefficient (Wildman–Crippen LogP) is 2.62. The standard InChI is InChI=1S/C12H7F3N4/c13-7-2-1-6(9(14)10(7)15)11-18-8-3-5(16)4-17-12(8)19-11/h1-4H,16H2,(H,17,18,19). The molecule has 96 valence electrons. The topological polar surface area (TPSA) is 67.6 Å². The summed E-state index contributed by atoms with van der Waals surface area (Å²) >= 11 is 0. The number of hydrogen-bond donors (Lipinski definition) is 2. The molecule has 0 fully saturated rings. The fraction of sp³-hybridized carbons (Fsp3) is 0. The van der Waals surface area contributed by atoms with E-state index in [1.165, 1.54) is 6.20 Å². The second-order valence-electron chi connectivity index (χ2n) is 3.95. The third-order valence-electron chi connectivity index (χ3n) is 2.65. The van der Waals surface area contributed by atoms with E-state index in [4.69, 9.17) is 5.73 Å². The van der Waals surface area contributed by atoms with Crippen molar-refractivity contribution in [2.24, 2.45) is 0 Å². The van der Waals surface area contributed by atoms with Gasteiger partial charge in [-0.25, -0.2) is 23.1 Å². The Labute approximate surface area is 105 Å². The minimum atomic E-state index is -1.54. The summed E-state index contributed by atoms with van der Waals surface area (Å²) < 4.78 is 39.7. The Morgan fingerprint density at radius 1 is 1.11 bits per heavy atom. The Bertz CT molecular complexity index is 782. The summed E-state index contributed by atoms with van der Waals surface area (Å²) in [5.41, 5.74) is 6.59. The molecule has 19 heavy (non-hydrogen) atoms. The van der Waals surface area contributed by atoms with Crippen LogP contribution >= 0.6 is 0 Å². The highest BCUT2D eigenvalue weighted by atomic mass is 19.2. The summed E-state index contributed by atoms with van der Waals surface area (Å²) in [6.07, 6.45) is 1.40. The third-order valence-corrected chi connectivity index (χ3v) is 2.65. The molecule has 4 nitrogen and oxygen atoms in total. The fourth-order valence-electron chi connectivity index (χ4n) is 1.75. The maximum Gasteiger partial charge on any atom is 0.195 e. The van der Waals surface area contributed by atoms with Crippen LogP contribution in [0.3, 0.4) is 0 Å². The number of rotatable bonds is 1. The number of pyridine rings is 1. The van der Waals surface area contributed by atoms with Gasteiger partial charge in [-0.05, 0) is 18.2 Å². The van der Waals surface area contributed by atoms with E-state index in [9.17, 15) is 13.2 Å². The van der Waals surface area contributed by atoms with Crippen LogP contribution in [0.15, 0.2) is 24.4 Å². The molecule has 3 N–H and O–H groups in total. The highest BCUT2D eigenvalue weighted by Crippen LogP contribution is 2.25. The number of nitrogen functional groups attached to an aromatic ring is 1. The molecule has 0 unspecified atom stereocenters. The summed E-state index contributed by atoms with van der Waals surface area (Å²) in [4.78, 5) is 10.7. The van der Waals surface area contributed by atoms with Gasteiger partial charge < -0.3 is 10.7 Å². The lowest BCUT2D eigenvalue weighted by Crippen LogP contribution is -1.94. The number of hydrogen-bond acceptors (Lipinski definition) is 3. The largest absolute Gasteiger partial charge is 0.397 e. The van der Waals surface area contributed by atoms with Crippen LogP contribution in [0.1, 0.15) is 0 Å². The van der Waals surface area contributed by atoms with Gasteiger partial charge in [0.1, 0.15) is 5.82 Å². The summed E-state index contributed by atoms with van der Waals surface area (Å²) in [6, 6.07) is 3.51. The number of nitrogens with two attached hydrogens (primary N) is 1. The van der Waals surface area contributed by atoms with Crippen LogP contribution in [-0.2, 0) is 0 Å². The first-order valence-corrected chi connectivity index (χ1v) is 5.31. The molecule has 7 heteroatoms. The first kappa shape index (κ1) is 11.5. The van der Waals surface area contributed by atoms with Gasteiger partial charge in [-0.3, -0.25) is 0 Å². The second-order valence-corrected chi connectivity index (χ2v) is 3.95. The number of aromatic nitrogens is 3. The van der Waals surface area contributed by atoms with Crippen molar-refractivity contribution in [2.75, 3.05) is 5.73 Å². The predicted molar refractivity (Wildman–Crippen MR) is 63.6 cm³/mol. The van der Waals surface area contributed by atoms with Gasteiger partial charge in [0.25, 0.3) is 0 Å². The number of H-pyrrole nitrogens is 1. The van der Waals surface area contributed by atoms with E-state index in [0.29, 0.717) is 16.9 Å². The van der Waals surface area contributed by atoms with E-state index < -0.39 is 17.5 Å². The van der Waals surface area contributed by atoms with Crippen molar-refractivity contribution in [1.29, 1.82) is 0 Å². The molecule has 0 amide bonds. The van der Waals surface area contributed by atoms with E-state index in [0.717, 1.165) is 12.1 Å². The average Bonchev–Trinajstić information content (AvgIpc) is 2.78. The lowest BCUT2D eigenvalue weighted by Gasteiger charge is -2.00. The molecule has 0 aliphatic carbocycles. The molecule has 0 aliphatic heterocycles. The molecule has 2 aromatic heterocycles. The Morgan fingerprint density at radius 2 is 1.89 bits per heavy atom. The highest BCUT2D eigenvalue weighted by Gasteiger charge is 2.17. The summed E-state index contributed by atoms with van der Waals surface area (Å²) in [7, 11) is 0. The molecule has 2 heterocycles. The number of nitrogens with one attached hydrogen (secondary N) is 1. The molecule has 0 atom stereocenters. The van der Waals surface area contributed by atoms with E-state index in [2.05, 4.69) is 15.0 Å². The smallest absolute Gasteiger partial charge is 0.195 e. The molecule has 0 saturated heterocycles. The molecule has 0 spiro atoms. The van der Waals surface area contributed by atoms with Crippen LogP contribution in [0.2, 0.25) is 0 Å². The molecule has 0 bridgehead atoms. The van der Waals surface area contributed by atoms with Crippen LogP contribution in [0, 0.1) is 17.5 Å². The van der Waals surface area contributed by atoms with Gasteiger partial charge in [0.2, 0.25) is 0 Å². The Kier molecular flexibility index (Phi) is 2.41. The monoisotopic (exact) mass is 264 g/mol. The molecule has 3 aromatic rings. The number of imidazole rings is 1. The number of nitrogens with zero attached hydrogens (tertiary/aromatic N) is 2. The molecule has 3 rings (SSSR count). The zero-order chi connectivity index (χ0) is 13.6. The third kappa shape index (κ3) is 1.79. The summed E-state index contributed by atoms with van der Waals surface area (Å²) in [5.74, 6) is -4.03. The number of anilines is 1. The van der Waals surface area contributed by atoms with Crippen LogP contribution in [0.4, 0.5) is 18.9 Å². The van der Waals surface area contributed by atoms with Gasteiger partial charge in [0.05, 0.1) is 23.0 Å². The Balaban J connectivity index is 2.22. The van der Waals surface area contributed by atoms with E-state index in [-0.39, 0.29) is 11.4 Å². The first-order chi connectivity index (χ1) is 9.06. The highest BCUT2D eigenvalue weighted by molar-refractivity contribution is 5.78. The Hall–Kier alpha value is -2.57. The molecule has 1 aromatic carbocycles. The van der Waals surface area contributed by atoms with Crippen LogP contribution in [-0.4, -0.2) is 15.0 Å². The summed E-state index contributed by atoms with van der Waals surface area (Å²) in [6.45, 7) is 0. The zero-order valence-electron chi connectivity index (χ0n) is 9.42. The molecule has 0 saturated carbocycles. The van der Waals surface area contributed by atoms with Gasteiger partial charge in [-0.15, -0.1) is 0 Å². The van der Waals surface area contributed by atoms with Gasteiger partial charge in [-0.1, -0.05) is 0 Å². The number of fused-ring (bicyclic) bond motifs is 1. The van der Waals surface area contributed by atoms with E-state index >= 15 is 0 Å². The van der Waals surface area contributed by atoms with Gasteiger partial charge >= 0.3 is 0 Å². The van der Waals surface area contributed by atoms with Crippen LogP contribution < -0.4 is 5.73 Å². The van der Waals surface area contributed by atoms with Crippen molar-refractivity contribution < 1.29 is 13.2 Å². The first-order valence-electron chi connectivity index (χ1n) is 5.31. The summed E-state index contributed by atoms with van der Waals surface area (Å²) in [5, 5.41) is 0. The molecular weight excluding hydrogens is 257 g/mol. The SMILES string of the molecule is Nc1cnc2nc(-c3ccc(F)c(F)c3F)[nH]c2c1. The van der Waals surface area contributed by atoms with Crippen molar-refractivity contribution in [1.82, 2.24) is 15.0 Å². The van der Waals surface area contributed by atoms with Gasteiger partial charge in [0, 0.05) is 0 Å². The van der Waals surface area contributed by atoms with Crippen LogP contribution in [0.25, 0.3) is 22.6 Å². The fourth-order valence-corrected chi connectivity index (χ4v) is 1.75. The maximum atomic E-state index is 13.6. The second kappa shape index (κ2) is 3.98. The quantitative estimate of drug-likeness (QED) is 0.664. The number of benzene rings is 1. The molecular formula is C12H7F3N4. The maximum absolute atomic E-state index is 13.6. The lowest BCUT2D eigenvalue weighted by atomic mass is 10.2. The minimum Gasteiger partial charge on any atom is -0.397 e. The van der Waals surface area contributed by atoms with Crippen molar-refractivity contribution in [3.8, 4) is 11.4 Å². The Morgan fingerprint density at radius 3 is 2.68 bits per heavy atom. The molecule has 0 aliphatic rings. The zero-order valence-corrected chi connectivity index (χ0v) is 9.42. The lowest BCUT2D eigenvalue weighted by molar-refractivity contribution is 0.448. The van der Waals surface area contributed by atoms with Crippen molar-refractivity contribution >= 4 is 16.9 Å². The number of halogens is 3. The van der Waals surface area contributed by atoms with Crippen LogP contribution in [0.5, 0.6) is 0 Å². The van der Waals surface area contributed by atoms with Crippen molar-refractivity contribution in [2.45, 2.75) is 0 Å². The number of aromatic amines is 1. The van der Waals surface area contributed by atoms with Gasteiger partial charge in [-0.2, -0.15) is 0 Å². The molecule has 0 radical (unpaired) electrons. The minimum absolute atomic E-state index is 0.0597. The van der Waals surface area contributed by atoms with Gasteiger partial charge in [0.15, 0.2) is 23.1 Å². The van der Waals surface area contributed by atoms with Crippen molar-refractivity contribution in [3.63, 3.8) is 0 Å². The normalized spacial score (nSPS) is 11.1.